The number of amides is 1. The van der Waals surface area contributed by atoms with Crippen LogP contribution in [0.15, 0.2) is 23.3 Å². The van der Waals surface area contributed by atoms with Gasteiger partial charge in [-0.1, -0.05) is 23.2 Å². The summed E-state index contributed by atoms with van der Waals surface area (Å²) in [4.78, 5) is 12.3. The molecule has 1 amide bonds. The maximum Gasteiger partial charge on any atom is 0.280 e. The van der Waals surface area contributed by atoms with Gasteiger partial charge in [0.2, 0.25) is 0 Å². The van der Waals surface area contributed by atoms with Crippen LogP contribution in [-0.2, 0) is 4.79 Å². The smallest absolute Gasteiger partial charge is 0.280 e. The second-order valence-electron chi connectivity index (χ2n) is 7.65. The topological polar surface area (TPSA) is 50.7 Å². The standard InChI is InChI=1S/C19H22Cl2N2O2/c1-10(25-17-3-2-15(20)9-16(17)21)19(24)23-22-18-13-5-11-4-12(7-13)8-14(18)6-11/h2-3,9-14H,4-8H2,1H3,(H,23,24). The Hall–Kier alpha value is -1.26. The van der Waals surface area contributed by atoms with Crippen LogP contribution in [0.2, 0.25) is 10.0 Å². The first-order valence-electron chi connectivity index (χ1n) is 8.98. The van der Waals surface area contributed by atoms with Crippen LogP contribution in [0.25, 0.3) is 0 Å². The van der Waals surface area contributed by atoms with Gasteiger partial charge in [0.25, 0.3) is 5.91 Å². The van der Waals surface area contributed by atoms with Gasteiger partial charge in [0, 0.05) is 10.7 Å². The van der Waals surface area contributed by atoms with Crippen molar-refractivity contribution < 1.29 is 9.53 Å². The van der Waals surface area contributed by atoms with Gasteiger partial charge in [0.15, 0.2) is 6.10 Å². The van der Waals surface area contributed by atoms with Gasteiger partial charge in [-0.25, -0.2) is 5.43 Å². The van der Waals surface area contributed by atoms with Crippen LogP contribution >= 0.6 is 23.2 Å². The van der Waals surface area contributed by atoms with E-state index in [1.54, 1.807) is 25.1 Å². The van der Waals surface area contributed by atoms with Gasteiger partial charge in [-0.3, -0.25) is 4.79 Å². The van der Waals surface area contributed by atoms with Crippen LogP contribution in [0.4, 0.5) is 0 Å². The molecule has 4 saturated carbocycles. The highest BCUT2D eigenvalue weighted by atomic mass is 35.5. The Labute approximate surface area is 157 Å². The molecule has 4 aliphatic carbocycles. The van der Waals surface area contributed by atoms with E-state index >= 15 is 0 Å². The van der Waals surface area contributed by atoms with Crippen LogP contribution < -0.4 is 10.2 Å². The number of ether oxygens (including phenoxy) is 1. The molecule has 0 aromatic heterocycles. The van der Waals surface area contributed by atoms with E-state index in [2.05, 4.69) is 10.5 Å². The van der Waals surface area contributed by atoms with E-state index in [4.69, 9.17) is 27.9 Å². The van der Waals surface area contributed by atoms with Crippen molar-refractivity contribution in [3.63, 3.8) is 0 Å². The Bertz CT molecular complexity index is 689. The molecule has 6 heteroatoms. The number of carbonyl (C=O) groups is 1. The number of nitrogens with one attached hydrogen (secondary N) is 1. The number of benzene rings is 1. The van der Waals surface area contributed by atoms with E-state index < -0.39 is 6.10 Å². The number of hydrazone groups is 1. The summed E-state index contributed by atoms with van der Waals surface area (Å²) in [5.41, 5.74) is 3.92. The van der Waals surface area contributed by atoms with Crippen LogP contribution in [0.3, 0.4) is 0 Å². The normalized spacial score (nSPS) is 30.9. The average Bonchev–Trinajstić information content (AvgIpc) is 2.55. The van der Waals surface area contributed by atoms with Gasteiger partial charge in [-0.15, -0.1) is 0 Å². The molecule has 5 rings (SSSR count). The zero-order chi connectivity index (χ0) is 17.6. The Morgan fingerprint density at radius 3 is 2.40 bits per heavy atom. The van der Waals surface area contributed by atoms with Crippen molar-refractivity contribution in [2.75, 3.05) is 0 Å². The zero-order valence-corrected chi connectivity index (χ0v) is 15.7. The van der Waals surface area contributed by atoms with Crippen molar-refractivity contribution >= 4 is 34.8 Å². The maximum absolute atomic E-state index is 12.3. The summed E-state index contributed by atoms with van der Waals surface area (Å²) in [6.45, 7) is 1.69. The lowest BCUT2D eigenvalue weighted by Crippen LogP contribution is -2.46. The highest BCUT2D eigenvalue weighted by molar-refractivity contribution is 6.35. The summed E-state index contributed by atoms with van der Waals surface area (Å²) >= 11 is 12.0. The van der Waals surface area contributed by atoms with Gasteiger partial charge in [-0.05, 0) is 80.9 Å². The number of hydrogen-bond donors (Lipinski definition) is 1. The number of rotatable bonds is 4. The predicted molar refractivity (Wildman–Crippen MR) is 99.2 cm³/mol. The summed E-state index contributed by atoms with van der Waals surface area (Å²) in [5, 5.41) is 5.42. The molecule has 0 spiro atoms. The van der Waals surface area contributed by atoms with Crippen LogP contribution in [0, 0.1) is 23.7 Å². The summed E-state index contributed by atoms with van der Waals surface area (Å²) in [6.07, 6.45) is 5.70. The Morgan fingerprint density at radius 1 is 1.16 bits per heavy atom. The van der Waals surface area contributed by atoms with Gasteiger partial charge in [0.05, 0.1) is 5.02 Å². The number of hydrogen-bond acceptors (Lipinski definition) is 3. The van der Waals surface area contributed by atoms with Crippen molar-refractivity contribution in [3.05, 3.63) is 28.2 Å². The van der Waals surface area contributed by atoms with Gasteiger partial charge in [0.1, 0.15) is 5.75 Å². The van der Waals surface area contributed by atoms with Crippen LogP contribution in [-0.4, -0.2) is 17.7 Å². The first kappa shape index (κ1) is 17.2. The molecule has 0 aliphatic heterocycles. The fourth-order valence-corrected chi connectivity index (χ4v) is 5.33. The monoisotopic (exact) mass is 380 g/mol. The van der Waals surface area contributed by atoms with Crippen molar-refractivity contribution in [3.8, 4) is 5.75 Å². The zero-order valence-electron chi connectivity index (χ0n) is 14.2. The van der Waals surface area contributed by atoms with Gasteiger partial charge >= 0.3 is 0 Å². The maximum atomic E-state index is 12.3. The predicted octanol–water partition coefficient (Wildman–Crippen LogP) is 4.69. The quantitative estimate of drug-likeness (QED) is 0.770. The van der Waals surface area contributed by atoms with E-state index in [0.29, 0.717) is 27.6 Å². The third-order valence-electron chi connectivity index (χ3n) is 5.84. The van der Waals surface area contributed by atoms with E-state index in [-0.39, 0.29) is 5.91 Å². The Kier molecular flexibility index (Phi) is 4.67. The molecule has 0 heterocycles. The number of carbonyl (C=O) groups excluding carboxylic acids is 1. The molecule has 1 unspecified atom stereocenters. The minimum absolute atomic E-state index is 0.257. The summed E-state index contributed by atoms with van der Waals surface area (Å²) < 4.78 is 5.65. The molecule has 1 aromatic rings. The lowest BCUT2D eigenvalue weighted by molar-refractivity contribution is -0.127. The first-order chi connectivity index (χ1) is 12.0. The third-order valence-corrected chi connectivity index (χ3v) is 6.37. The van der Waals surface area contributed by atoms with Crippen LogP contribution in [0.5, 0.6) is 5.75 Å². The minimum Gasteiger partial charge on any atom is -0.479 e. The average molecular weight is 381 g/mol. The highest BCUT2D eigenvalue weighted by Crippen LogP contribution is 2.52. The highest BCUT2D eigenvalue weighted by Gasteiger charge is 2.46. The molecule has 1 atom stereocenters. The molecule has 1 N–H and O–H groups in total. The number of halogens is 2. The van der Waals surface area contributed by atoms with Crippen molar-refractivity contribution in [2.45, 2.75) is 45.1 Å². The summed E-state index contributed by atoms with van der Waals surface area (Å²) in [6, 6.07) is 4.94. The second kappa shape index (κ2) is 6.81. The van der Waals surface area contributed by atoms with E-state index in [1.165, 1.54) is 37.8 Å². The molecule has 0 radical (unpaired) electrons. The summed E-state index contributed by atoms with van der Waals surface area (Å²) in [5.74, 6) is 3.08. The lowest BCUT2D eigenvalue weighted by atomic mass is 9.55. The molecule has 4 aliphatic rings. The molecule has 0 saturated heterocycles. The van der Waals surface area contributed by atoms with Gasteiger partial charge < -0.3 is 4.74 Å². The fourth-order valence-electron chi connectivity index (χ4n) is 4.87. The van der Waals surface area contributed by atoms with E-state index in [1.807, 2.05) is 0 Å². The number of nitrogens with zero attached hydrogens (tertiary/aromatic N) is 1. The van der Waals surface area contributed by atoms with Crippen molar-refractivity contribution in [1.82, 2.24) is 5.43 Å². The molecule has 134 valence electrons. The van der Waals surface area contributed by atoms with Crippen LogP contribution in [0.1, 0.15) is 39.0 Å². The van der Waals surface area contributed by atoms with E-state index in [0.717, 1.165) is 11.8 Å². The largest absolute Gasteiger partial charge is 0.479 e. The summed E-state index contributed by atoms with van der Waals surface area (Å²) in [7, 11) is 0. The third kappa shape index (κ3) is 3.52. The molecule has 4 fully saturated rings. The van der Waals surface area contributed by atoms with Gasteiger partial charge in [-0.2, -0.15) is 5.10 Å². The molecule has 4 nitrogen and oxygen atoms in total. The Balaban J connectivity index is 1.38. The minimum atomic E-state index is -0.681. The van der Waals surface area contributed by atoms with Crippen molar-refractivity contribution in [2.24, 2.45) is 28.8 Å². The van der Waals surface area contributed by atoms with Crippen molar-refractivity contribution in [1.29, 1.82) is 0 Å². The lowest BCUT2D eigenvalue weighted by Gasteiger charge is -2.50. The molecule has 25 heavy (non-hydrogen) atoms. The second-order valence-corrected chi connectivity index (χ2v) is 8.50. The molecular formula is C19H22Cl2N2O2. The molecule has 1 aromatic carbocycles. The first-order valence-corrected chi connectivity index (χ1v) is 9.74. The Morgan fingerprint density at radius 2 is 1.80 bits per heavy atom. The fraction of sp³-hybridized carbons (Fsp3) is 0.579. The van der Waals surface area contributed by atoms with E-state index in [9.17, 15) is 4.79 Å². The SMILES string of the molecule is CC(Oc1ccc(Cl)cc1Cl)C(=O)NN=C1C2CC3CC(C2)CC1C3. The molecular weight excluding hydrogens is 359 g/mol. The molecule has 4 bridgehead atoms.